The van der Waals surface area contributed by atoms with E-state index in [1.54, 1.807) is 13.2 Å². The summed E-state index contributed by atoms with van der Waals surface area (Å²) in [5.74, 6) is -0.754. The molecule has 0 saturated carbocycles. The average Bonchev–Trinajstić information content (AvgIpc) is 2.66. The summed E-state index contributed by atoms with van der Waals surface area (Å²) in [5.41, 5.74) is 1.35. The summed E-state index contributed by atoms with van der Waals surface area (Å²) in [6, 6.07) is 13.0. The van der Waals surface area contributed by atoms with Crippen molar-refractivity contribution in [3.63, 3.8) is 0 Å². The van der Waals surface area contributed by atoms with E-state index < -0.39 is 11.8 Å². The number of hydrogen-bond donors (Lipinski definition) is 0. The number of nitriles is 1. The number of carbonyl (C=O) groups is 2. The molecule has 2 aromatic carbocycles. The van der Waals surface area contributed by atoms with Gasteiger partial charge in [-0.15, -0.1) is 0 Å². The van der Waals surface area contributed by atoms with E-state index in [0.717, 1.165) is 17.4 Å². The lowest BCUT2D eigenvalue weighted by Crippen LogP contribution is -2.12. The lowest BCUT2D eigenvalue weighted by molar-refractivity contribution is -0.147. The van der Waals surface area contributed by atoms with Gasteiger partial charge in [-0.05, 0) is 41.8 Å². The summed E-state index contributed by atoms with van der Waals surface area (Å²) in [6.07, 6.45) is 0.443. The summed E-state index contributed by atoms with van der Waals surface area (Å²) in [7, 11) is 1.58. The fraction of sp³-hybridized carbons (Fsp3) is 0.250. The van der Waals surface area contributed by atoms with E-state index in [0.29, 0.717) is 12.0 Å². The second-order valence-electron chi connectivity index (χ2n) is 5.65. The second kappa shape index (κ2) is 9.33. The van der Waals surface area contributed by atoms with Crippen molar-refractivity contribution >= 4 is 11.8 Å². The largest absolute Gasteiger partial charge is 0.497 e. The molecular formula is C20H18FNO4. The minimum absolute atomic E-state index is 0.112. The van der Waals surface area contributed by atoms with Crippen LogP contribution in [-0.4, -0.2) is 18.9 Å². The number of methoxy groups -OCH3 is 1. The Bertz CT molecular complexity index is 825. The number of rotatable bonds is 8. The van der Waals surface area contributed by atoms with Crippen LogP contribution >= 0.6 is 0 Å². The minimum Gasteiger partial charge on any atom is -0.497 e. The van der Waals surface area contributed by atoms with E-state index in [1.807, 2.05) is 24.3 Å². The lowest BCUT2D eigenvalue weighted by atomic mass is 10.1. The number of hydrogen-bond acceptors (Lipinski definition) is 5. The molecule has 134 valence electrons. The summed E-state index contributed by atoms with van der Waals surface area (Å²) >= 11 is 0. The van der Waals surface area contributed by atoms with Crippen LogP contribution < -0.4 is 4.74 Å². The fourth-order valence-corrected chi connectivity index (χ4v) is 2.29. The first-order valence-corrected chi connectivity index (χ1v) is 8.00. The number of benzene rings is 2. The molecule has 0 saturated heterocycles. The number of nitrogens with zero attached hydrogens (tertiary/aromatic N) is 1. The minimum atomic E-state index is -0.646. The molecule has 0 N–H and O–H groups in total. The molecule has 0 radical (unpaired) electrons. The Kier molecular flexibility index (Phi) is 6.86. The first kappa shape index (κ1) is 19.1. The number of ketones is 1. The van der Waals surface area contributed by atoms with Crippen molar-refractivity contribution in [1.82, 2.24) is 0 Å². The van der Waals surface area contributed by atoms with Gasteiger partial charge in [-0.25, -0.2) is 4.39 Å². The molecular weight excluding hydrogens is 337 g/mol. The van der Waals surface area contributed by atoms with E-state index in [9.17, 15) is 14.0 Å². The molecule has 0 amide bonds. The Morgan fingerprint density at radius 3 is 2.46 bits per heavy atom. The van der Waals surface area contributed by atoms with Gasteiger partial charge < -0.3 is 9.47 Å². The van der Waals surface area contributed by atoms with Gasteiger partial charge in [0.25, 0.3) is 0 Å². The third-order valence-electron chi connectivity index (χ3n) is 3.74. The monoisotopic (exact) mass is 355 g/mol. The van der Waals surface area contributed by atoms with Crippen LogP contribution in [0.25, 0.3) is 0 Å². The smallest absolute Gasteiger partial charge is 0.313 e. The summed E-state index contributed by atoms with van der Waals surface area (Å²) in [4.78, 5) is 23.6. The fourth-order valence-electron chi connectivity index (χ4n) is 2.29. The molecule has 26 heavy (non-hydrogen) atoms. The highest BCUT2D eigenvalue weighted by atomic mass is 19.1. The number of ether oxygens (including phenoxy) is 2. The molecule has 0 unspecified atom stereocenters. The van der Waals surface area contributed by atoms with Crippen molar-refractivity contribution < 1.29 is 23.5 Å². The first-order valence-electron chi connectivity index (χ1n) is 8.00. The number of halogens is 1. The molecule has 6 heteroatoms. The molecule has 2 rings (SSSR count). The number of aryl methyl sites for hydroxylation is 1. The quantitative estimate of drug-likeness (QED) is 0.536. The third-order valence-corrected chi connectivity index (χ3v) is 3.74. The molecule has 0 heterocycles. The van der Waals surface area contributed by atoms with Crippen molar-refractivity contribution in [2.45, 2.75) is 25.9 Å². The highest BCUT2D eigenvalue weighted by Crippen LogP contribution is 2.14. The van der Waals surface area contributed by atoms with Gasteiger partial charge in [0.15, 0.2) is 0 Å². The van der Waals surface area contributed by atoms with Gasteiger partial charge in [0, 0.05) is 6.42 Å². The van der Waals surface area contributed by atoms with Gasteiger partial charge in [-0.2, -0.15) is 5.26 Å². The second-order valence-corrected chi connectivity index (χ2v) is 5.65. The third kappa shape index (κ3) is 5.71. The first-order chi connectivity index (χ1) is 12.5. The number of esters is 1. The maximum atomic E-state index is 13.2. The van der Waals surface area contributed by atoms with Gasteiger partial charge in [-0.3, -0.25) is 9.59 Å². The molecule has 2 aromatic rings. The van der Waals surface area contributed by atoms with Crippen LogP contribution in [0.2, 0.25) is 0 Å². The van der Waals surface area contributed by atoms with Crippen molar-refractivity contribution in [1.29, 1.82) is 5.26 Å². The van der Waals surface area contributed by atoms with E-state index in [1.165, 1.54) is 12.1 Å². The van der Waals surface area contributed by atoms with E-state index in [4.69, 9.17) is 14.7 Å². The van der Waals surface area contributed by atoms with Crippen LogP contribution in [0.4, 0.5) is 4.39 Å². The highest BCUT2D eigenvalue weighted by molar-refractivity contribution is 5.95. The molecule has 0 aliphatic rings. The predicted octanol–water partition coefficient (Wildman–Crippen LogP) is 3.34. The van der Waals surface area contributed by atoms with Crippen LogP contribution in [0.15, 0.2) is 42.5 Å². The zero-order valence-corrected chi connectivity index (χ0v) is 14.3. The Morgan fingerprint density at radius 1 is 1.12 bits per heavy atom. The maximum absolute atomic E-state index is 13.2. The van der Waals surface area contributed by atoms with Gasteiger partial charge >= 0.3 is 5.97 Å². The van der Waals surface area contributed by atoms with Gasteiger partial charge in [0.2, 0.25) is 0 Å². The molecule has 0 aliphatic carbocycles. The van der Waals surface area contributed by atoms with Crippen LogP contribution in [0.3, 0.4) is 0 Å². The van der Waals surface area contributed by atoms with E-state index in [-0.39, 0.29) is 30.8 Å². The van der Waals surface area contributed by atoms with Gasteiger partial charge in [0.05, 0.1) is 12.7 Å². The molecule has 0 atom stereocenters. The zero-order chi connectivity index (χ0) is 18.9. The standard InChI is InChI=1S/C20H18FNO4/c1-25-18-7-3-14(4-8-18)2-6-17(23)11-20(24)26-13-15-5-9-19(21)16(10-15)12-22/h3-5,7-10H,2,6,11,13H2,1H3. The predicted molar refractivity (Wildman–Crippen MR) is 91.9 cm³/mol. The Hall–Kier alpha value is -3.20. The van der Waals surface area contributed by atoms with E-state index >= 15 is 0 Å². The van der Waals surface area contributed by atoms with E-state index in [2.05, 4.69) is 0 Å². The van der Waals surface area contributed by atoms with Crippen LogP contribution in [0.5, 0.6) is 5.75 Å². The van der Waals surface area contributed by atoms with Crippen LogP contribution in [0.1, 0.15) is 29.5 Å². The van der Waals surface area contributed by atoms with Crippen LogP contribution in [0, 0.1) is 17.1 Å². The van der Waals surface area contributed by atoms with Crippen molar-refractivity contribution in [3.8, 4) is 11.8 Å². The maximum Gasteiger partial charge on any atom is 0.313 e. The van der Waals surface area contributed by atoms with Crippen molar-refractivity contribution in [3.05, 3.63) is 65.0 Å². The normalized spacial score (nSPS) is 10.0. The molecule has 0 spiro atoms. The Balaban J connectivity index is 1.76. The molecule has 0 bridgehead atoms. The topological polar surface area (TPSA) is 76.4 Å². The highest BCUT2D eigenvalue weighted by Gasteiger charge is 2.12. The zero-order valence-electron chi connectivity index (χ0n) is 14.3. The molecule has 0 fully saturated rings. The number of carbonyl (C=O) groups excluding carboxylic acids is 2. The molecule has 0 aromatic heterocycles. The SMILES string of the molecule is COc1ccc(CCC(=O)CC(=O)OCc2ccc(F)c(C#N)c2)cc1. The van der Waals surface area contributed by atoms with Crippen molar-refractivity contribution in [2.75, 3.05) is 7.11 Å². The summed E-state index contributed by atoms with van der Waals surface area (Å²) in [6.45, 7) is -0.112. The average molecular weight is 355 g/mol. The lowest BCUT2D eigenvalue weighted by Gasteiger charge is -2.06. The van der Waals surface area contributed by atoms with Gasteiger partial charge in [-0.1, -0.05) is 18.2 Å². The molecule has 5 nitrogen and oxygen atoms in total. The van der Waals surface area contributed by atoms with Gasteiger partial charge in [0.1, 0.15) is 36.4 Å². The van der Waals surface area contributed by atoms with Crippen LogP contribution in [-0.2, 0) is 27.4 Å². The Labute approximate surface area is 151 Å². The summed E-state index contributed by atoms with van der Waals surface area (Å²) in [5, 5.41) is 8.77. The van der Waals surface area contributed by atoms with Crippen molar-refractivity contribution in [2.24, 2.45) is 0 Å². The number of Topliss-reactive ketones (excluding diaryl/α,β-unsaturated/α-hetero) is 1. The Morgan fingerprint density at radius 2 is 1.81 bits per heavy atom. The molecule has 0 aliphatic heterocycles. The summed E-state index contributed by atoms with van der Waals surface area (Å²) < 4.78 is 23.3.